The van der Waals surface area contributed by atoms with Gasteiger partial charge in [0.1, 0.15) is 15.7 Å². The van der Waals surface area contributed by atoms with Crippen molar-refractivity contribution in [3.8, 4) is 22.6 Å². The van der Waals surface area contributed by atoms with Crippen LogP contribution in [0.15, 0.2) is 42.9 Å². The number of hydrogen-bond donors (Lipinski definition) is 2. The van der Waals surface area contributed by atoms with Gasteiger partial charge in [0, 0.05) is 36.8 Å². The first-order valence-corrected chi connectivity index (χ1v) is 11.8. The van der Waals surface area contributed by atoms with Crippen LogP contribution >= 0.6 is 0 Å². The Morgan fingerprint density at radius 3 is 2.65 bits per heavy atom. The molecule has 3 rings (SSSR count). The zero-order chi connectivity index (χ0) is 22.6. The smallest absolute Gasteiger partial charge is 0.161 e. The van der Waals surface area contributed by atoms with Crippen LogP contribution in [-0.4, -0.2) is 48.9 Å². The number of nitrogens with two attached hydrogens (primary N) is 1. The van der Waals surface area contributed by atoms with Gasteiger partial charge in [-0.25, -0.2) is 13.4 Å². The molecule has 0 amide bonds. The number of aromatic nitrogens is 3. The predicted molar refractivity (Wildman–Crippen MR) is 121 cm³/mol. The summed E-state index contributed by atoms with van der Waals surface area (Å²) in [5, 5.41) is 7.38. The molecule has 0 radical (unpaired) electrons. The molecule has 0 fully saturated rings. The minimum Gasteiger partial charge on any atom is -0.493 e. The van der Waals surface area contributed by atoms with Crippen LogP contribution in [-0.2, 0) is 16.9 Å². The standard InChI is InChI=1S/C21H27N5O4S/c1-5-30-19-10-14(6-7-18(19)29-3)17(13-31(4,27)28)25-21-20(22)16(8-9-23-21)15-11-24-26(2)12-15/h6-12,17H,5,13,22H2,1-4H3,(H,23,25)/t17-/m1/s1. The lowest BCUT2D eigenvalue weighted by atomic mass is 10.1. The van der Waals surface area contributed by atoms with Gasteiger partial charge in [0.05, 0.1) is 37.4 Å². The molecule has 166 valence electrons. The van der Waals surface area contributed by atoms with Gasteiger partial charge in [-0.2, -0.15) is 5.10 Å². The van der Waals surface area contributed by atoms with E-state index in [2.05, 4.69) is 15.4 Å². The number of aryl methyl sites for hydroxylation is 1. The molecule has 0 aliphatic carbocycles. The molecule has 0 aliphatic heterocycles. The van der Waals surface area contributed by atoms with Crippen molar-refractivity contribution in [3.63, 3.8) is 0 Å². The largest absolute Gasteiger partial charge is 0.493 e. The van der Waals surface area contributed by atoms with Crippen molar-refractivity contribution in [2.24, 2.45) is 7.05 Å². The zero-order valence-electron chi connectivity index (χ0n) is 18.0. The molecule has 0 saturated carbocycles. The minimum atomic E-state index is -3.32. The quantitative estimate of drug-likeness (QED) is 0.516. The van der Waals surface area contributed by atoms with E-state index in [1.54, 1.807) is 48.5 Å². The van der Waals surface area contributed by atoms with Gasteiger partial charge in [0.2, 0.25) is 0 Å². The first kappa shape index (κ1) is 22.4. The summed E-state index contributed by atoms with van der Waals surface area (Å²) in [5.74, 6) is 1.35. The van der Waals surface area contributed by atoms with Crippen LogP contribution in [0.2, 0.25) is 0 Å². The molecule has 1 aromatic carbocycles. The fourth-order valence-electron chi connectivity index (χ4n) is 3.27. The van der Waals surface area contributed by atoms with Crippen LogP contribution in [0.25, 0.3) is 11.1 Å². The molecule has 1 atom stereocenters. The van der Waals surface area contributed by atoms with E-state index >= 15 is 0 Å². The molecule has 31 heavy (non-hydrogen) atoms. The van der Waals surface area contributed by atoms with Gasteiger partial charge in [-0.05, 0) is 30.7 Å². The lowest BCUT2D eigenvalue weighted by Crippen LogP contribution is -2.22. The number of ether oxygens (including phenoxy) is 2. The van der Waals surface area contributed by atoms with E-state index < -0.39 is 15.9 Å². The van der Waals surface area contributed by atoms with Crippen LogP contribution < -0.4 is 20.5 Å². The number of anilines is 2. The van der Waals surface area contributed by atoms with Crippen molar-refractivity contribution in [2.75, 3.05) is 36.8 Å². The van der Waals surface area contributed by atoms with Crippen molar-refractivity contribution in [3.05, 3.63) is 48.4 Å². The third-order valence-corrected chi connectivity index (χ3v) is 5.62. The fourth-order valence-corrected chi connectivity index (χ4v) is 4.15. The van der Waals surface area contributed by atoms with E-state index in [9.17, 15) is 8.42 Å². The Balaban J connectivity index is 2.01. The number of benzene rings is 1. The molecule has 10 heteroatoms. The summed E-state index contributed by atoms with van der Waals surface area (Å²) in [5.41, 5.74) is 9.10. The van der Waals surface area contributed by atoms with Crippen molar-refractivity contribution in [1.82, 2.24) is 14.8 Å². The third kappa shape index (κ3) is 5.46. The zero-order valence-corrected chi connectivity index (χ0v) is 18.8. The van der Waals surface area contributed by atoms with Crippen molar-refractivity contribution in [1.29, 1.82) is 0 Å². The van der Waals surface area contributed by atoms with Gasteiger partial charge >= 0.3 is 0 Å². The van der Waals surface area contributed by atoms with Gasteiger partial charge < -0.3 is 20.5 Å². The number of nitrogens with one attached hydrogen (secondary N) is 1. The highest BCUT2D eigenvalue weighted by molar-refractivity contribution is 7.90. The van der Waals surface area contributed by atoms with Crippen molar-refractivity contribution in [2.45, 2.75) is 13.0 Å². The Morgan fingerprint density at radius 2 is 2.03 bits per heavy atom. The molecular weight excluding hydrogens is 418 g/mol. The lowest BCUT2D eigenvalue weighted by molar-refractivity contribution is 0.310. The normalized spacial score (nSPS) is 12.4. The van der Waals surface area contributed by atoms with Crippen LogP contribution in [0.4, 0.5) is 11.5 Å². The number of rotatable bonds is 9. The number of nitrogens with zero attached hydrogens (tertiary/aromatic N) is 3. The maximum atomic E-state index is 12.2. The Kier molecular flexibility index (Phi) is 6.69. The first-order valence-electron chi connectivity index (χ1n) is 9.70. The predicted octanol–water partition coefficient (Wildman–Crippen LogP) is 2.67. The highest BCUT2D eigenvalue weighted by Gasteiger charge is 2.22. The molecule has 0 aliphatic rings. The summed E-state index contributed by atoms with van der Waals surface area (Å²) in [6.45, 7) is 2.32. The summed E-state index contributed by atoms with van der Waals surface area (Å²) >= 11 is 0. The monoisotopic (exact) mass is 445 g/mol. The third-order valence-electron chi connectivity index (χ3n) is 4.68. The van der Waals surface area contributed by atoms with Gasteiger partial charge in [-0.1, -0.05) is 6.07 Å². The van der Waals surface area contributed by atoms with Crippen LogP contribution in [0.3, 0.4) is 0 Å². The number of pyridine rings is 1. The highest BCUT2D eigenvalue weighted by atomic mass is 32.2. The Labute approximate surface area is 182 Å². The molecule has 0 unspecified atom stereocenters. The Morgan fingerprint density at radius 1 is 1.26 bits per heavy atom. The molecule has 3 aromatic rings. The second-order valence-corrected chi connectivity index (χ2v) is 9.34. The number of sulfone groups is 1. The van der Waals surface area contributed by atoms with Gasteiger partial charge in [-0.15, -0.1) is 0 Å². The first-order chi connectivity index (χ1) is 14.7. The lowest BCUT2D eigenvalue weighted by Gasteiger charge is -2.22. The van der Waals surface area contributed by atoms with Gasteiger partial charge in [0.25, 0.3) is 0 Å². The maximum absolute atomic E-state index is 12.2. The molecule has 3 N–H and O–H groups in total. The van der Waals surface area contributed by atoms with Gasteiger partial charge in [-0.3, -0.25) is 4.68 Å². The van der Waals surface area contributed by atoms with E-state index in [0.29, 0.717) is 35.2 Å². The second-order valence-electron chi connectivity index (χ2n) is 7.16. The average Bonchev–Trinajstić information content (AvgIpc) is 3.14. The van der Waals surface area contributed by atoms with Crippen LogP contribution in [0.1, 0.15) is 18.5 Å². The van der Waals surface area contributed by atoms with Gasteiger partial charge in [0.15, 0.2) is 11.5 Å². The van der Waals surface area contributed by atoms with E-state index in [4.69, 9.17) is 15.2 Å². The second kappa shape index (κ2) is 9.25. The summed E-state index contributed by atoms with van der Waals surface area (Å²) in [6, 6.07) is 6.51. The molecule has 2 aromatic heterocycles. The Bertz CT molecular complexity index is 1160. The molecule has 2 heterocycles. The average molecular weight is 446 g/mol. The molecule has 0 bridgehead atoms. The molecule has 0 spiro atoms. The van der Waals surface area contributed by atoms with Crippen molar-refractivity contribution >= 4 is 21.3 Å². The summed E-state index contributed by atoms with van der Waals surface area (Å²) in [6.07, 6.45) is 6.37. The fraction of sp³-hybridized carbons (Fsp3) is 0.333. The maximum Gasteiger partial charge on any atom is 0.161 e. The highest BCUT2D eigenvalue weighted by Crippen LogP contribution is 2.35. The van der Waals surface area contributed by atoms with Crippen LogP contribution in [0, 0.1) is 0 Å². The van der Waals surface area contributed by atoms with Crippen molar-refractivity contribution < 1.29 is 17.9 Å². The van der Waals surface area contributed by atoms with E-state index in [1.165, 1.54) is 6.26 Å². The topological polar surface area (TPSA) is 121 Å². The minimum absolute atomic E-state index is 0.150. The molecule has 0 saturated heterocycles. The summed E-state index contributed by atoms with van der Waals surface area (Å²) < 4.78 is 37.0. The van der Waals surface area contributed by atoms with E-state index in [-0.39, 0.29) is 5.75 Å². The number of nitrogen functional groups attached to an aromatic ring is 1. The molecule has 9 nitrogen and oxygen atoms in total. The summed E-state index contributed by atoms with van der Waals surface area (Å²) in [4.78, 5) is 4.34. The number of methoxy groups -OCH3 is 1. The summed E-state index contributed by atoms with van der Waals surface area (Å²) in [7, 11) is 0.0544. The molecular formula is C21H27N5O4S. The SMILES string of the molecule is CCOc1cc([C@@H](CS(C)(=O)=O)Nc2nccc(-c3cnn(C)c3)c2N)ccc1OC. The van der Waals surface area contributed by atoms with Crippen LogP contribution in [0.5, 0.6) is 11.5 Å². The van der Waals surface area contributed by atoms with E-state index in [0.717, 1.165) is 11.1 Å². The Hall–Kier alpha value is -3.27. The number of hydrogen-bond acceptors (Lipinski definition) is 8. The van der Waals surface area contributed by atoms with E-state index in [1.807, 2.05) is 20.2 Å².